The fourth-order valence-corrected chi connectivity index (χ4v) is 2.20. The fraction of sp³-hybridized carbons (Fsp3) is 0.238. The second-order valence-corrected chi connectivity index (χ2v) is 6.16. The van der Waals surface area contributed by atoms with Crippen LogP contribution in [0.4, 0.5) is 5.82 Å². The number of nitrogen functional groups attached to an aromatic ring is 1. The third kappa shape index (κ3) is 5.48. The van der Waals surface area contributed by atoms with Crippen LogP contribution < -0.4 is 15.2 Å². The van der Waals surface area contributed by atoms with Gasteiger partial charge in [-0.2, -0.15) is 0 Å². The molecule has 0 unspecified atom stereocenters. The number of ether oxygens (including phenoxy) is 2. The Morgan fingerprint density at radius 3 is 2.58 bits per heavy atom. The number of rotatable bonds is 5. The lowest BCUT2D eigenvalue weighted by molar-refractivity contribution is 0.111. The highest BCUT2D eigenvalue weighted by atomic mass is 16.5. The van der Waals surface area contributed by atoms with Gasteiger partial charge in [0.15, 0.2) is 6.29 Å². The van der Waals surface area contributed by atoms with Crippen LogP contribution in [0.5, 0.6) is 11.5 Å². The number of hydrogen-bond acceptors (Lipinski definition) is 5. The molecule has 0 radical (unpaired) electrons. The van der Waals surface area contributed by atoms with Gasteiger partial charge in [-0.15, -0.1) is 0 Å². The molecule has 5 nitrogen and oxygen atoms in total. The predicted octanol–water partition coefficient (Wildman–Crippen LogP) is 4.36. The topological polar surface area (TPSA) is 74.4 Å². The van der Waals surface area contributed by atoms with Crippen molar-refractivity contribution in [1.82, 2.24) is 4.98 Å². The van der Waals surface area contributed by atoms with Crippen LogP contribution in [0.2, 0.25) is 0 Å². The summed E-state index contributed by atoms with van der Waals surface area (Å²) in [6.45, 7) is 4.70. The SMILES string of the molecule is COc1ccc(C=O)c(OCC(C)C)c1.Nc1ccc2ccccc2n1. The average molecular weight is 352 g/mol. The highest BCUT2D eigenvalue weighted by Gasteiger charge is 2.05. The number of para-hydroxylation sites is 1. The zero-order valence-electron chi connectivity index (χ0n) is 15.3. The van der Waals surface area contributed by atoms with E-state index in [1.54, 1.807) is 25.3 Å². The Balaban J connectivity index is 0.000000195. The van der Waals surface area contributed by atoms with E-state index in [1.165, 1.54) is 0 Å². The average Bonchev–Trinajstić information content (AvgIpc) is 2.66. The van der Waals surface area contributed by atoms with Crippen molar-refractivity contribution < 1.29 is 14.3 Å². The van der Waals surface area contributed by atoms with Crippen LogP contribution in [-0.2, 0) is 0 Å². The van der Waals surface area contributed by atoms with Gasteiger partial charge in [0, 0.05) is 11.5 Å². The second-order valence-electron chi connectivity index (χ2n) is 6.16. The molecule has 1 aromatic heterocycles. The monoisotopic (exact) mass is 352 g/mol. The first-order valence-electron chi connectivity index (χ1n) is 8.40. The van der Waals surface area contributed by atoms with E-state index in [4.69, 9.17) is 15.2 Å². The Morgan fingerprint density at radius 2 is 1.88 bits per heavy atom. The Kier molecular flexibility index (Phi) is 6.97. The summed E-state index contributed by atoms with van der Waals surface area (Å²) in [5.41, 5.74) is 7.02. The third-order valence-electron chi connectivity index (χ3n) is 3.54. The molecule has 0 amide bonds. The first-order chi connectivity index (χ1) is 12.5. The summed E-state index contributed by atoms with van der Waals surface area (Å²) in [6.07, 6.45) is 0.787. The lowest BCUT2D eigenvalue weighted by atomic mass is 10.2. The van der Waals surface area contributed by atoms with Crippen molar-refractivity contribution >= 4 is 23.0 Å². The van der Waals surface area contributed by atoms with Crippen molar-refractivity contribution in [2.24, 2.45) is 5.92 Å². The van der Waals surface area contributed by atoms with E-state index in [2.05, 4.69) is 18.8 Å². The zero-order valence-corrected chi connectivity index (χ0v) is 15.3. The molecule has 0 saturated heterocycles. The van der Waals surface area contributed by atoms with Crippen LogP contribution in [-0.4, -0.2) is 25.0 Å². The molecule has 3 aromatic rings. The van der Waals surface area contributed by atoms with E-state index >= 15 is 0 Å². The number of benzene rings is 2. The van der Waals surface area contributed by atoms with Crippen molar-refractivity contribution in [1.29, 1.82) is 0 Å². The van der Waals surface area contributed by atoms with Gasteiger partial charge in [0.25, 0.3) is 0 Å². The van der Waals surface area contributed by atoms with Crippen molar-refractivity contribution in [2.45, 2.75) is 13.8 Å². The maximum Gasteiger partial charge on any atom is 0.153 e. The van der Waals surface area contributed by atoms with Crippen molar-refractivity contribution in [3.63, 3.8) is 0 Å². The summed E-state index contributed by atoms with van der Waals surface area (Å²) in [5, 5.41) is 1.13. The lowest BCUT2D eigenvalue weighted by Gasteiger charge is -2.11. The number of nitrogens with zero attached hydrogens (tertiary/aromatic N) is 1. The van der Waals surface area contributed by atoms with Gasteiger partial charge in [-0.3, -0.25) is 4.79 Å². The van der Waals surface area contributed by atoms with Crippen LogP contribution >= 0.6 is 0 Å². The van der Waals surface area contributed by atoms with E-state index in [1.807, 2.05) is 36.4 Å². The molecule has 0 spiro atoms. The normalized spacial score (nSPS) is 10.2. The minimum absolute atomic E-state index is 0.427. The minimum atomic E-state index is 0.427. The number of carbonyl (C=O) groups excluding carboxylic acids is 1. The molecule has 26 heavy (non-hydrogen) atoms. The third-order valence-corrected chi connectivity index (χ3v) is 3.54. The molecule has 2 N–H and O–H groups in total. The number of nitrogens with two attached hydrogens (primary N) is 1. The maximum absolute atomic E-state index is 10.8. The highest BCUT2D eigenvalue weighted by Crippen LogP contribution is 2.23. The largest absolute Gasteiger partial charge is 0.497 e. The zero-order chi connectivity index (χ0) is 18.9. The predicted molar refractivity (Wildman–Crippen MR) is 105 cm³/mol. The van der Waals surface area contributed by atoms with E-state index < -0.39 is 0 Å². The van der Waals surface area contributed by atoms with Gasteiger partial charge in [0.05, 0.1) is 24.8 Å². The van der Waals surface area contributed by atoms with Crippen molar-refractivity contribution in [2.75, 3.05) is 19.5 Å². The van der Waals surface area contributed by atoms with Crippen LogP contribution in [0.1, 0.15) is 24.2 Å². The Hall–Kier alpha value is -3.08. The molecule has 0 aliphatic rings. The molecule has 0 fully saturated rings. The Labute approximate surface area is 153 Å². The summed E-state index contributed by atoms with van der Waals surface area (Å²) in [7, 11) is 1.59. The first kappa shape index (κ1) is 19.2. The lowest BCUT2D eigenvalue weighted by Crippen LogP contribution is -2.06. The van der Waals surface area contributed by atoms with Crippen LogP contribution in [0.25, 0.3) is 10.9 Å². The van der Waals surface area contributed by atoms with Gasteiger partial charge < -0.3 is 15.2 Å². The molecule has 0 atom stereocenters. The van der Waals surface area contributed by atoms with E-state index in [-0.39, 0.29) is 0 Å². The van der Waals surface area contributed by atoms with Crippen molar-refractivity contribution in [3.8, 4) is 11.5 Å². The van der Waals surface area contributed by atoms with E-state index in [0.717, 1.165) is 17.2 Å². The Morgan fingerprint density at radius 1 is 1.12 bits per heavy atom. The maximum atomic E-state index is 10.8. The molecule has 0 saturated carbocycles. The van der Waals surface area contributed by atoms with E-state index in [0.29, 0.717) is 35.4 Å². The highest BCUT2D eigenvalue weighted by molar-refractivity contribution is 5.80. The number of methoxy groups -OCH3 is 1. The molecule has 1 heterocycles. The second kappa shape index (κ2) is 9.42. The van der Waals surface area contributed by atoms with Gasteiger partial charge in [0.2, 0.25) is 0 Å². The molecule has 136 valence electrons. The molecular formula is C21H24N2O3. The number of hydrogen-bond donors (Lipinski definition) is 1. The van der Waals surface area contributed by atoms with Gasteiger partial charge in [-0.05, 0) is 36.2 Å². The molecule has 0 aliphatic carbocycles. The summed E-state index contributed by atoms with van der Waals surface area (Å²) in [4.78, 5) is 14.9. The minimum Gasteiger partial charge on any atom is -0.497 e. The van der Waals surface area contributed by atoms with Gasteiger partial charge in [-0.25, -0.2) is 4.98 Å². The number of anilines is 1. The quantitative estimate of drug-likeness (QED) is 0.691. The van der Waals surface area contributed by atoms with E-state index in [9.17, 15) is 4.79 Å². The molecule has 3 rings (SSSR count). The fourth-order valence-electron chi connectivity index (χ4n) is 2.20. The summed E-state index contributed by atoms with van der Waals surface area (Å²) >= 11 is 0. The Bertz CT molecular complexity index is 863. The summed E-state index contributed by atoms with van der Waals surface area (Å²) in [5.74, 6) is 2.27. The number of carbonyl (C=O) groups is 1. The number of pyridine rings is 1. The molecule has 0 bridgehead atoms. The number of fused-ring (bicyclic) bond motifs is 1. The molecule has 2 aromatic carbocycles. The van der Waals surface area contributed by atoms with Gasteiger partial charge >= 0.3 is 0 Å². The molecular weight excluding hydrogens is 328 g/mol. The number of aldehydes is 1. The first-order valence-corrected chi connectivity index (χ1v) is 8.40. The molecule has 0 aliphatic heterocycles. The van der Waals surface area contributed by atoms with Gasteiger partial charge in [-0.1, -0.05) is 32.0 Å². The smallest absolute Gasteiger partial charge is 0.153 e. The van der Waals surface area contributed by atoms with Gasteiger partial charge in [0.1, 0.15) is 17.3 Å². The molecule has 5 heteroatoms. The van der Waals surface area contributed by atoms with Crippen LogP contribution in [0, 0.1) is 5.92 Å². The summed E-state index contributed by atoms with van der Waals surface area (Å²) in [6, 6.07) is 16.8. The van der Waals surface area contributed by atoms with Crippen LogP contribution in [0.15, 0.2) is 54.6 Å². The summed E-state index contributed by atoms with van der Waals surface area (Å²) < 4.78 is 10.6. The number of aromatic nitrogens is 1. The standard InChI is InChI=1S/C12H16O3.C9H8N2/c1-9(2)8-15-12-6-11(14-3)5-4-10(12)7-13;10-9-6-5-7-3-1-2-4-8(7)11-9/h4-7,9H,8H2,1-3H3;1-6H,(H2,10,11). The van der Waals surface area contributed by atoms with Crippen LogP contribution in [0.3, 0.4) is 0 Å². The van der Waals surface area contributed by atoms with Crippen molar-refractivity contribution in [3.05, 3.63) is 60.2 Å².